The molecule has 1 aliphatic carbocycles. The molecule has 4 atom stereocenters. The molecule has 0 radical (unpaired) electrons. The van der Waals surface area contributed by atoms with Crippen LogP contribution in [-0.2, 0) is 4.79 Å². The fourth-order valence-electron chi connectivity index (χ4n) is 3.67. The zero-order chi connectivity index (χ0) is 14.2. The van der Waals surface area contributed by atoms with Crippen LogP contribution in [0.15, 0.2) is 0 Å². The summed E-state index contributed by atoms with van der Waals surface area (Å²) >= 11 is 0. The summed E-state index contributed by atoms with van der Waals surface area (Å²) in [6, 6.07) is 0.566. The van der Waals surface area contributed by atoms with E-state index < -0.39 is 0 Å². The predicted molar refractivity (Wildman–Crippen MR) is 77.7 cm³/mol. The van der Waals surface area contributed by atoms with Crippen LogP contribution in [0.1, 0.15) is 40.0 Å². The van der Waals surface area contributed by atoms with Crippen molar-refractivity contribution in [1.82, 2.24) is 10.2 Å². The Balaban J connectivity index is 1.98. The average molecular weight is 267 g/mol. The van der Waals surface area contributed by atoms with Crippen LogP contribution in [0.5, 0.6) is 0 Å². The molecule has 2 rings (SSSR count). The summed E-state index contributed by atoms with van der Waals surface area (Å²) in [5.74, 6) is 0.737. The summed E-state index contributed by atoms with van der Waals surface area (Å²) in [6.07, 6.45) is 2.96. The third-order valence-corrected chi connectivity index (χ3v) is 5.56. The molecule has 2 aliphatic rings. The second-order valence-electron chi connectivity index (χ2n) is 7.16. The summed E-state index contributed by atoms with van der Waals surface area (Å²) in [5.41, 5.74) is 6.15. The summed E-state index contributed by atoms with van der Waals surface area (Å²) in [5, 5.41) is 3.25. The van der Waals surface area contributed by atoms with Crippen molar-refractivity contribution in [3.8, 4) is 0 Å². The first kappa shape index (κ1) is 14.8. The van der Waals surface area contributed by atoms with Crippen LogP contribution >= 0.6 is 0 Å². The largest absolute Gasteiger partial charge is 0.352 e. The van der Waals surface area contributed by atoms with Gasteiger partial charge in [-0.3, -0.25) is 4.79 Å². The zero-order valence-corrected chi connectivity index (χ0v) is 12.8. The van der Waals surface area contributed by atoms with E-state index in [1.54, 1.807) is 0 Å². The van der Waals surface area contributed by atoms with Crippen LogP contribution < -0.4 is 11.1 Å². The van der Waals surface area contributed by atoms with Crippen molar-refractivity contribution in [2.24, 2.45) is 23.0 Å². The minimum absolute atomic E-state index is 0.00768. The first-order valence-corrected chi connectivity index (χ1v) is 7.57. The van der Waals surface area contributed by atoms with E-state index >= 15 is 0 Å². The maximum atomic E-state index is 12.6. The van der Waals surface area contributed by atoms with E-state index in [2.05, 4.69) is 38.0 Å². The van der Waals surface area contributed by atoms with E-state index in [1.807, 2.05) is 0 Å². The number of likely N-dealkylation sites (N-methyl/N-ethyl adjacent to an activating group) is 1. The Bertz CT molecular complexity index is 342. The topological polar surface area (TPSA) is 58.4 Å². The number of nitrogens with two attached hydrogens (primary N) is 1. The molecule has 1 heterocycles. The first-order chi connectivity index (χ1) is 8.82. The van der Waals surface area contributed by atoms with E-state index in [-0.39, 0.29) is 23.3 Å². The molecule has 2 fully saturated rings. The molecule has 1 saturated heterocycles. The van der Waals surface area contributed by atoms with E-state index in [4.69, 9.17) is 5.73 Å². The molecule has 0 spiro atoms. The van der Waals surface area contributed by atoms with Gasteiger partial charge in [0.05, 0.1) is 0 Å². The standard InChI is InChI=1S/C15H29N3O/c1-10-13(16)6-5-12(15(10,2)3)14(19)17-11-7-8-18(4)9-11/h10-13H,5-9,16H2,1-4H3,(H,17,19). The molecule has 4 unspecified atom stereocenters. The van der Waals surface area contributed by atoms with Gasteiger partial charge in [0.25, 0.3) is 0 Å². The SMILES string of the molecule is CC1C(N)CCC(C(=O)NC2CCN(C)C2)C1(C)C. The summed E-state index contributed by atoms with van der Waals surface area (Å²) in [7, 11) is 2.11. The molecule has 4 nitrogen and oxygen atoms in total. The smallest absolute Gasteiger partial charge is 0.223 e. The predicted octanol–water partition coefficient (Wildman–Crippen LogP) is 1.21. The second kappa shape index (κ2) is 5.41. The summed E-state index contributed by atoms with van der Waals surface area (Å²) in [4.78, 5) is 14.8. The molecular formula is C15H29N3O. The van der Waals surface area contributed by atoms with Crippen LogP contribution in [-0.4, -0.2) is 43.0 Å². The minimum atomic E-state index is -0.00768. The highest BCUT2D eigenvalue weighted by molar-refractivity contribution is 5.80. The lowest BCUT2D eigenvalue weighted by Gasteiger charge is -2.46. The van der Waals surface area contributed by atoms with Crippen molar-refractivity contribution < 1.29 is 4.79 Å². The van der Waals surface area contributed by atoms with Crippen molar-refractivity contribution in [1.29, 1.82) is 0 Å². The first-order valence-electron chi connectivity index (χ1n) is 7.57. The number of hydrogen-bond donors (Lipinski definition) is 2. The number of rotatable bonds is 2. The number of carbonyl (C=O) groups excluding carboxylic acids is 1. The van der Waals surface area contributed by atoms with Gasteiger partial charge in [0.1, 0.15) is 0 Å². The highest BCUT2D eigenvalue weighted by atomic mass is 16.2. The molecule has 4 heteroatoms. The number of hydrogen-bond acceptors (Lipinski definition) is 3. The molecule has 1 aliphatic heterocycles. The minimum Gasteiger partial charge on any atom is -0.352 e. The van der Waals surface area contributed by atoms with Crippen molar-refractivity contribution in [2.45, 2.75) is 52.1 Å². The molecule has 0 aromatic carbocycles. The molecule has 3 N–H and O–H groups in total. The Kier molecular flexibility index (Phi) is 4.21. The van der Waals surface area contributed by atoms with Crippen LogP contribution in [0.3, 0.4) is 0 Å². The van der Waals surface area contributed by atoms with E-state index in [9.17, 15) is 4.79 Å². The zero-order valence-electron chi connectivity index (χ0n) is 12.8. The molecular weight excluding hydrogens is 238 g/mol. The maximum absolute atomic E-state index is 12.6. The maximum Gasteiger partial charge on any atom is 0.223 e. The van der Waals surface area contributed by atoms with Gasteiger partial charge in [-0.05, 0) is 44.2 Å². The van der Waals surface area contributed by atoms with Gasteiger partial charge in [-0.1, -0.05) is 20.8 Å². The fourth-order valence-corrected chi connectivity index (χ4v) is 3.67. The highest BCUT2D eigenvalue weighted by Crippen LogP contribution is 2.44. The van der Waals surface area contributed by atoms with E-state index in [1.165, 1.54) is 0 Å². The van der Waals surface area contributed by atoms with Crippen LogP contribution in [0.25, 0.3) is 0 Å². The lowest BCUT2D eigenvalue weighted by molar-refractivity contribution is -0.133. The number of amides is 1. The van der Waals surface area contributed by atoms with Gasteiger partial charge < -0.3 is 16.0 Å². The van der Waals surface area contributed by atoms with Crippen molar-refractivity contribution in [2.75, 3.05) is 20.1 Å². The van der Waals surface area contributed by atoms with Crippen molar-refractivity contribution in [3.05, 3.63) is 0 Å². The summed E-state index contributed by atoms with van der Waals surface area (Å²) in [6.45, 7) is 8.64. The Morgan fingerprint density at radius 3 is 2.58 bits per heavy atom. The van der Waals surface area contributed by atoms with Crippen LogP contribution in [0.2, 0.25) is 0 Å². The molecule has 0 bridgehead atoms. The Morgan fingerprint density at radius 1 is 1.32 bits per heavy atom. The van der Waals surface area contributed by atoms with Gasteiger partial charge in [-0.15, -0.1) is 0 Å². The quantitative estimate of drug-likeness (QED) is 0.790. The van der Waals surface area contributed by atoms with Crippen LogP contribution in [0, 0.1) is 17.3 Å². The number of carbonyl (C=O) groups is 1. The lowest BCUT2D eigenvalue weighted by atomic mass is 9.61. The third-order valence-electron chi connectivity index (χ3n) is 5.56. The van der Waals surface area contributed by atoms with Gasteiger partial charge in [-0.25, -0.2) is 0 Å². The lowest BCUT2D eigenvalue weighted by Crippen LogP contribution is -2.53. The third kappa shape index (κ3) is 2.95. The molecule has 19 heavy (non-hydrogen) atoms. The Morgan fingerprint density at radius 2 is 2.00 bits per heavy atom. The van der Waals surface area contributed by atoms with Crippen molar-refractivity contribution in [3.63, 3.8) is 0 Å². The highest BCUT2D eigenvalue weighted by Gasteiger charge is 2.45. The van der Waals surface area contributed by atoms with Gasteiger partial charge >= 0.3 is 0 Å². The van der Waals surface area contributed by atoms with Gasteiger partial charge in [-0.2, -0.15) is 0 Å². The number of nitrogens with zero attached hydrogens (tertiary/aromatic N) is 1. The van der Waals surface area contributed by atoms with Crippen molar-refractivity contribution >= 4 is 5.91 Å². The van der Waals surface area contributed by atoms with Gasteiger partial charge in [0.15, 0.2) is 0 Å². The Hall–Kier alpha value is -0.610. The van der Waals surface area contributed by atoms with Gasteiger partial charge in [0, 0.05) is 24.5 Å². The second-order valence-corrected chi connectivity index (χ2v) is 7.16. The summed E-state index contributed by atoms with van der Waals surface area (Å²) < 4.78 is 0. The van der Waals surface area contributed by atoms with Gasteiger partial charge in [0.2, 0.25) is 5.91 Å². The molecule has 110 valence electrons. The number of likely N-dealkylation sites (tertiary alicyclic amines) is 1. The van der Waals surface area contributed by atoms with E-state index in [0.717, 1.165) is 32.4 Å². The molecule has 1 saturated carbocycles. The normalized spacial score (nSPS) is 39.2. The fraction of sp³-hybridized carbons (Fsp3) is 0.933. The van der Waals surface area contributed by atoms with E-state index in [0.29, 0.717) is 12.0 Å². The average Bonchev–Trinajstić information content (AvgIpc) is 2.71. The monoisotopic (exact) mass is 267 g/mol. The Labute approximate surface area is 117 Å². The number of nitrogens with one attached hydrogen (secondary N) is 1. The molecule has 1 amide bonds. The van der Waals surface area contributed by atoms with Crippen LogP contribution in [0.4, 0.5) is 0 Å². The molecule has 0 aromatic heterocycles. The molecule has 0 aromatic rings.